The molecule has 0 aromatic heterocycles. The van der Waals surface area contributed by atoms with Crippen LogP contribution in [-0.4, -0.2) is 47.7 Å². The van der Waals surface area contributed by atoms with E-state index in [4.69, 9.17) is 5.11 Å². The Bertz CT molecular complexity index is 251. The number of likely N-dealkylation sites (tertiary alicyclic amines) is 1. The lowest BCUT2D eigenvalue weighted by atomic mass is 10.1. The molecule has 4 nitrogen and oxygen atoms in total. The first-order valence-corrected chi connectivity index (χ1v) is 7.82. The molecule has 1 fully saturated rings. The van der Waals surface area contributed by atoms with Crippen molar-refractivity contribution in [2.45, 2.75) is 70.9 Å². The molecule has 1 rings (SSSR count). The molecular formula is C15H30N2O2. The van der Waals surface area contributed by atoms with Gasteiger partial charge in [-0.15, -0.1) is 0 Å². The molecule has 4 heteroatoms. The van der Waals surface area contributed by atoms with Gasteiger partial charge in [-0.3, -0.25) is 4.79 Å². The maximum Gasteiger partial charge on any atom is 0.224 e. The summed E-state index contributed by atoms with van der Waals surface area (Å²) in [6, 6.07) is 0.504. The van der Waals surface area contributed by atoms with E-state index >= 15 is 0 Å². The van der Waals surface area contributed by atoms with Gasteiger partial charge in [-0.2, -0.15) is 0 Å². The quantitative estimate of drug-likeness (QED) is 0.743. The number of hydrogen-bond acceptors (Lipinski definition) is 3. The number of carbonyl (C=O) groups is 1. The van der Waals surface area contributed by atoms with Crippen molar-refractivity contribution in [2.24, 2.45) is 0 Å². The van der Waals surface area contributed by atoms with Crippen molar-refractivity contribution < 1.29 is 9.90 Å². The summed E-state index contributed by atoms with van der Waals surface area (Å²) in [7, 11) is 0. The van der Waals surface area contributed by atoms with Gasteiger partial charge in [0.05, 0.1) is 0 Å². The van der Waals surface area contributed by atoms with E-state index in [9.17, 15) is 4.79 Å². The predicted molar refractivity (Wildman–Crippen MR) is 78.0 cm³/mol. The van der Waals surface area contributed by atoms with Gasteiger partial charge >= 0.3 is 0 Å². The van der Waals surface area contributed by atoms with Crippen LogP contribution in [0.5, 0.6) is 0 Å². The van der Waals surface area contributed by atoms with Crippen LogP contribution < -0.4 is 5.32 Å². The summed E-state index contributed by atoms with van der Waals surface area (Å²) in [4.78, 5) is 14.3. The number of amides is 1. The zero-order valence-corrected chi connectivity index (χ0v) is 12.5. The van der Waals surface area contributed by atoms with Crippen molar-refractivity contribution >= 4 is 5.91 Å². The summed E-state index contributed by atoms with van der Waals surface area (Å²) < 4.78 is 0. The van der Waals surface area contributed by atoms with Crippen molar-refractivity contribution in [1.29, 1.82) is 0 Å². The Morgan fingerprint density at radius 1 is 1.26 bits per heavy atom. The van der Waals surface area contributed by atoms with Crippen LogP contribution in [0.1, 0.15) is 58.8 Å². The zero-order valence-electron chi connectivity index (χ0n) is 12.5. The van der Waals surface area contributed by atoms with Crippen LogP contribution in [0.25, 0.3) is 0 Å². The minimum absolute atomic E-state index is 0.187. The standard InChI is InChI=1S/C15H30N2O2/c1-3-14(8-11-18)16-13(2)12-15(19)17-9-6-4-5-7-10-17/h13-14,16,18H,3-12H2,1-2H3. The van der Waals surface area contributed by atoms with Gasteiger partial charge in [-0.05, 0) is 32.6 Å². The molecule has 1 heterocycles. The predicted octanol–water partition coefficient (Wildman–Crippen LogP) is 1.92. The van der Waals surface area contributed by atoms with Gasteiger partial charge in [0.1, 0.15) is 0 Å². The fourth-order valence-corrected chi connectivity index (χ4v) is 2.73. The second kappa shape index (κ2) is 9.32. The molecule has 0 spiro atoms. The third-order valence-electron chi connectivity index (χ3n) is 3.93. The van der Waals surface area contributed by atoms with Gasteiger partial charge in [-0.25, -0.2) is 0 Å². The lowest BCUT2D eigenvalue weighted by Gasteiger charge is -2.25. The molecule has 0 radical (unpaired) electrons. The first-order chi connectivity index (χ1) is 9.17. The van der Waals surface area contributed by atoms with E-state index < -0.39 is 0 Å². The molecule has 112 valence electrons. The summed E-state index contributed by atoms with van der Waals surface area (Å²) in [6.07, 6.45) is 7.13. The third kappa shape index (κ3) is 6.39. The Labute approximate surface area is 117 Å². The van der Waals surface area contributed by atoms with Crippen molar-refractivity contribution in [3.05, 3.63) is 0 Å². The van der Waals surface area contributed by atoms with E-state index in [0.717, 1.165) is 38.8 Å². The summed E-state index contributed by atoms with van der Waals surface area (Å²) in [5.41, 5.74) is 0. The Morgan fingerprint density at radius 3 is 2.42 bits per heavy atom. The minimum atomic E-state index is 0.187. The van der Waals surface area contributed by atoms with E-state index in [2.05, 4.69) is 19.2 Å². The van der Waals surface area contributed by atoms with Crippen LogP contribution in [0.15, 0.2) is 0 Å². The van der Waals surface area contributed by atoms with Crippen LogP contribution >= 0.6 is 0 Å². The molecule has 1 aliphatic rings. The van der Waals surface area contributed by atoms with Gasteiger partial charge < -0.3 is 15.3 Å². The highest BCUT2D eigenvalue weighted by atomic mass is 16.3. The Kier molecular flexibility index (Phi) is 8.07. The van der Waals surface area contributed by atoms with E-state index in [1.54, 1.807) is 0 Å². The third-order valence-corrected chi connectivity index (χ3v) is 3.93. The number of aliphatic hydroxyl groups is 1. The highest BCUT2D eigenvalue weighted by molar-refractivity contribution is 5.76. The molecule has 2 N–H and O–H groups in total. The molecule has 0 aromatic carbocycles. The number of nitrogens with zero attached hydrogens (tertiary/aromatic N) is 1. The first kappa shape index (κ1) is 16.4. The largest absolute Gasteiger partial charge is 0.396 e. The van der Waals surface area contributed by atoms with Gasteiger partial charge in [-0.1, -0.05) is 19.8 Å². The zero-order chi connectivity index (χ0) is 14.1. The lowest BCUT2D eigenvalue weighted by Crippen LogP contribution is -2.41. The molecule has 0 aromatic rings. The van der Waals surface area contributed by atoms with Crippen LogP contribution in [0.3, 0.4) is 0 Å². The summed E-state index contributed by atoms with van der Waals surface area (Å²) in [5.74, 6) is 0.278. The van der Waals surface area contributed by atoms with Crippen molar-refractivity contribution in [3.8, 4) is 0 Å². The molecule has 1 saturated heterocycles. The number of nitrogens with one attached hydrogen (secondary N) is 1. The van der Waals surface area contributed by atoms with Crippen LogP contribution in [0.4, 0.5) is 0 Å². The van der Waals surface area contributed by atoms with Gasteiger partial charge in [0.25, 0.3) is 0 Å². The average molecular weight is 270 g/mol. The SMILES string of the molecule is CCC(CCO)NC(C)CC(=O)N1CCCCCC1. The van der Waals surface area contributed by atoms with E-state index in [0.29, 0.717) is 12.5 Å². The summed E-state index contributed by atoms with van der Waals surface area (Å²) >= 11 is 0. The Morgan fingerprint density at radius 2 is 1.89 bits per heavy atom. The average Bonchev–Trinajstić information content (AvgIpc) is 2.66. The minimum Gasteiger partial charge on any atom is -0.396 e. The number of carbonyl (C=O) groups excluding carboxylic acids is 1. The molecule has 2 unspecified atom stereocenters. The molecule has 0 saturated carbocycles. The smallest absolute Gasteiger partial charge is 0.224 e. The van der Waals surface area contributed by atoms with Gasteiger partial charge in [0.2, 0.25) is 5.91 Å². The monoisotopic (exact) mass is 270 g/mol. The van der Waals surface area contributed by atoms with E-state index in [1.807, 2.05) is 4.90 Å². The van der Waals surface area contributed by atoms with Gasteiger partial charge in [0, 0.05) is 38.2 Å². The second-order valence-electron chi connectivity index (χ2n) is 5.68. The molecule has 1 amide bonds. The molecular weight excluding hydrogens is 240 g/mol. The molecule has 0 aliphatic carbocycles. The fraction of sp³-hybridized carbons (Fsp3) is 0.933. The molecule has 19 heavy (non-hydrogen) atoms. The maximum absolute atomic E-state index is 12.2. The summed E-state index contributed by atoms with van der Waals surface area (Å²) in [5, 5.41) is 12.4. The lowest BCUT2D eigenvalue weighted by molar-refractivity contribution is -0.131. The number of aliphatic hydroxyl groups excluding tert-OH is 1. The Balaban J connectivity index is 2.33. The van der Waals surface area contributed by atoms with Gasteiger partial charge in [0.15, 0.2) is 0 Å². The topological polar surface area (TPSA) is 52.6 Å². The fourth-order valence-electron chi connectivity index (χ4n) is 2.73. The Hall–Kier alpha value is -0.610. The highest BCUT2D eigenvalue weighted by Crippen LogP contribution is 2.11. The normalized spacial score (nSPS) is 19.8. The van der Waals surface area contributed by atoms with Crippen molar-refractivity contribution in [3.63, 3.8) is 0 Å². The maximum atomic E-state index is 12.2. The van der Waals surface area contributed by atoms with Crippen LogP contribution in [-0.2, 0) is 4.79 Å². The first-order valence-electron chi connectivity index (χ1n) is 7.82. The van der Waals surface area contributed by atoms with E-state index in [-0.39, 0.29) is 18.6 Å². The van der Waals surface area contributed by atoms with Crippen LogP contribution in [0, 0.1) is 0 Å². The van der Waals surface area contributed by atoms with Crippen LogP contribution in [0.2, 0.25) is 0 Å². The number of rotatable bonds is 7. The van der Waals surface area contributed by atoms with E-state index in [1.165, 1.54) is 12.8 Å². The summed E-state index contributed by atoms with van der Waals surface area (Å²) in [6.45, 7) is 6.24. The van der Waals surface area contributed by atoms with Crippen molar-refractivity contribution in [1.82, 2.24) is 10.2 Å². The second-order valence-corrected chi connectivity index (χ2v) is 5.68. The van der Waals surface area contributed by atoms with Crippen molar-refractivity contribution in [2.75, 3.05) is 19.7 Å². The molecule has 1 aliphatic heterocycles. The molecule has 0 bridgehead atoms. The molecule has 2 atom stereocenters. The number of hydrogen-bond donors (Lipinski definition) is 2. The highest BCUT2D eigenvalue weighted by Gasteiger charge is 2.19.